The Kier molecular flexibility index (Phi) is 6.17. The summed E-state index contributed by atoms with van der Waals surface area (Å²) in [5, 5.41) is 0. The maximum absolute atomic E-state index is 5.74. The van der Waals surface area contributed by atoms with Crippen molar-refractivity contribution in [1.29, 1.82) is 0 Å². The predicted molar refractivity (Wildman–Crippen MR) is 77.5 cm³/mol. The minimum Gasteiger partial charge on any atom is -0.377 e. The van der Waals surface area contributed by atoms with Gasteiger partial charge in [-0.15, -0.1) is 11.8 Å². The average Bonchev–Trinajstić information content (AvgIpc) is 2.49. The van der Waals surface area contributed by atoms with Gasteiger partial charge in [-0.1, -0.05) is 12.1 Å². The van der Waals surface area contributed by atoms with Gasteiger partial charge in [-0.25, -0.2) is 0 Å². The molecule has 1 aromatic carbocycles. The van der Waals surface area contributed by atoms with Gasteiger partial charge in [0, 0.05) is 37.0 Å². The van der Waals surface area contributed by atoms with Crippen molar-refractivity contribution in [3.63, 3.8) is 0 Å². The van der Waals surface area contributed by atoms with Crippen molar-refractivity contribution in [1.82, 2.24) is 0 Å². The van der Waals surface area contributed by atoms with Crippen LogP contribution in [0.5, 0.6) is 0 Å². The molecule has 3 nitrogen and oxygen atoms in total. The molecule has 0 amide bonds. The molecular formula is C15H22O3S. The standard InChI is InChI=1S/C15H22O3S/c1-16-15(17-2)12-6-8-14(9-7-12)19-11-13-5-3-4-10-18-13/h6-9,13,15H,3-5,10-11H2,1-2H3. The third kappa shape index (κ3) is 4.49. The fourth-order valence-electron chi connectivity index (χ4n) is 2.22. The topological polar surface area (TPSA) is 27.7 Å². The molecule has 0 saturated carbocycles. The van der Waals surface area contributed by atoms with Crippen LogP contribution in [0, 0.1) is 0 Å². The second kappa shape index (κ2) is 7.90. The van der Waals surface area contributed by atoms with Gasteiger partial charge in [-0.3, -0.25) is 0 Å². The molecule has 4 heteroatoms. The van der Waals surface area contributed by atoms with Gasteiger partial charge < -0.3 is 14.2 Å². The quantitative estimate of drug-likeness (QED) is 0.588. The molecule has 1 aliphatic rings. The second-order valence-corrected chi connectivity index (χ2v) is 5.77. The Balaban J connectivity index is 1.84. The molecule has 1 heterocycles. The Morgan fingerprint density at radius 3 is 2.53 bits per heavy atom. The first kappa shape index (κ1) is 14.9. The van der Waals surface area contributed by atoms with Crippen LogP contribution in [0.3, 0.4) is 0 Å². The van der Waals surface area contributed by atoms with Crippen molar-refractivity contribution in [3.05, 3.63) is 29.8 Å². The van der Waals surface area contributed by atoms with E-state index in [1.165, 1.54) is 24.2 Å². The molecule has 0 aromatic heterocycles. The highest BCUT2D eigenvalue weighted by atomic mass is 32.2. The summed E-state index contributed by atoms with van der Waals surface area (Å²) < 4.78 is 16.2. The summed E-state index contributed by atoms with van der Waals surface area (Å²) in [6, 6.07) is 8.35. The summed E-state index contributed by atoms with van der Waals surface area (Å²) in [7, 11) is 3.30. The monoisotopic (exact) mass is 282 g/mol. The Morgan fingerprint density at radius 2 is 1.95 bits per heavy atom. The van der Waals surface area contributed by atoms with Gasteiger partial charge >= 0.3 is 0 Å². The first-order valence-corrected chi connectivity index (χ1v) is 7.72. The van der Waals surface area contributed by atoms with Crippen molar-refractivity contribution in [2.75, 3.05) is 26.6 Å². The summed E-state index contributed by atoms with van der Waals surface area (Å²) >= 11 is 1.86. The molecule has 1 atom stereocenters. The molecule has 19 heavy (non-hydrogen) atoms. The van der Waals surface area contributed by atoms with Crippen molar-refractivity contribution < 1.29 is 14.2 Å². The van der Waals surface area contributed by atoms with E-state index in [0.29, 0.717) is 6.10 Å². The van der Waals surface area contributed by atoms with Gasteiger partial charge in [0.05, 0.1) is 6.10 Å². The summed E-state index contributed by atoms with van der Waals surface area (Å²) in [6.07, 6.45) is 3.85. The number of hydrogen-bond acceptors (Lipinski definition) is 4. The van der Waals surface area contributed by atoms with E-state index in [9.17, 15) is 0 Å². The predicted octanol–water partition coefficient (Wildman–Crippen LogP) is 3.64. The largest absolute Gasteiger partial charge is 0.377 e. The minimum absolute atomic E-state index is 0.277. The van der Waals surface area contributed by atoms with E-state index >= 15 is 0 Å². The Morgan fingerprint density at radius 1 is 1.21 bits per heavy atom. The molecule has 1 unspecified atom stereocenters. The summed E-state index contributed by atoms with van der Waals surface area (Å²) in [5.74, 6) is 1.04. The lowest BCUT2D eigenvalue weighted by Gasteiger charge is -2.22. The van der Waals surface area contributed by atoms with Crippen LogP contribution in [0.25, 0.3) is 0 Å². The van der Waals surface area contributed by atoms with E-state index in [4.69, 9.17) is 14.2 Å². The Hall–Kier alpha value is -0.550. The van der Waals surface area contributed by atoms with E-state index in [-0.39, 0.29) is 6.29 Å². The molecule has 1 aliphatic heterocycles. The zero-order chi connectivity index (χ0) is 13.5. The number of benzene rings is 1. The number of thioether (sulfide) groups is 1. The molecule has 106 valence electrons. The van der Waals surface area contributed by atoms with Crippen LogP contribution < -0.4 is 0 Å². The molecule has 2 rings (SSSR count). The van der Waals surface area contributed by atoms with E-state index in [1.54, 1.807) is 14.2 Å². The molecular weight excluding hydrogens is 260 g/mol. The molecule has 1 aromatic rings. The van der Waals surface area contributed by atoms with E-state index < -0.39 is 0 Å². The van der Waals surface area contributed by atoms with Crippen molar-refractivity contribution in [3.8, 4) is 0 Å². The highest BCUT2D eigenvalue weighted by molar-refractivity contribution is 7.99. The van der Waals surface area contributed by atoms with Crippen LogP contribution in [0.15, 0.2) is 29.2 Å². The molecule has 0 aliphatic carbocycles. The lowest BCUT2D eigenvalue weighted by atomic mass is 10.1. The first-order valence-electron chi connectivity index (χ1n) is 6.73. The van der Waals surface area contributed by atoms with Crippen molar-refractivity contribution in [2.45, 2.75) is 36.6 Å². The zero-order valence-electron chi connectivity index (χ0n) is 11.6. The van der Waals surface area contributed by atoms with Gasteiger partial charge in [0.25, 0.3) is 0 Å². The molecule has 1 fully saturated rings. The lowest BCUT2D eigenvalue weighted by molar-refractivity contribution is -0.106. The molecule has 0 N–H and O–H groups in total. The normalized spacial score (nSPS) is 19.8. The summed E-state index contributed by atoms with van der Waals surface area (Å²) in [4.78, 5) is 1.27. The third-order valence-corrected chi connectivity index (χ3v) is 4.43. The van der Waals surface area contributed by atoms with Gasteiger partial charge in [0.2, 0.25) is 0 Å². The van der Waals surface area contributed by atoms with Crippen molar-refractivity contribution in [2.24, 2.45) is 0 Å². The van der Waals surface area contributed by atoms with E-state index in [2.05, 4.69) is 24.3 Å². The fraction of sp³-hybridized carbons (Fsp3) is 0.600. The highest BCUT2D eigenvalue weighted by Crippen LogP contribution is 2.25. The van der Waals surface area contributed by atoms with E-state index in [1.807, 2.05) is 11.8 Å². The van der Waals surface area contributed by atoms with Crippen molar-refractivity contribution >= 4 is 11.8 Å². The third-order valence-electron chi connectivity index (χ3n) is 3.29. The van der Waals surface area contributed by atoms with Crippen LogP contribution in [-0.2, 0) is 14.2 Å². The minimum atomic E-state index is -0.277. The number of ether oxygens (including phenoxy) is 3. The summed E-state index contributed by atoms with van der Waals surface area (Å²) in [6.45, 7) is 0.924. The molecule has 0 radical (unpaired) electrons. The zero-order valence-corrected chi connectivity index (χ0v) is 12.4. The molecule has 0 spiro atoms. The van der Waals surface area contributed by atoms with Crippen LogP contribution in [-0.4, -0.2) is 32.7 Å². The Labute approximate surface area is 119 Å². The Bertz CT molecular complexity index is 356. The van der Waals surface area contributed by atoms with Crippen LogP contribution in [0.4, 0.5) is 0 Å². The van der Waals surface area contributed by atoms with Gasteiger partial charge in [0.15, 0.2) is 6.29 Å². The van der Waals surface area contributed by atoms with Gasteiger partial charge in [-0.05, 0) is 31.4 Å². The number of rotatable bonds is 6. The van der Waals surface area contributed by atoms with Gasteiger partial charge in [-0.2, -0.15) is 0 Å². The van der Waals surface area contributed by atoms with Crippen LogP contribution >= 0.6 is 11.8 Å². The first-order chi connectivity index (χ1) is 9.33. The maximum Gasteiger partial charge on any atom is 0.183 e. The molecule has 0 bridgehead atoms. The highest BCUT2D eigenvalue weighted by Gasteiger charge is 2.14. The smallest absolute Gasteiger partial charge is 0.183 e. The maximum atomic E-state index is 5.74. The van der Waals surface area contributed by atoms with Crippen LogP contribution in [0.1, 0.15) is 31.1 Å². The fourth-order valence-corrected chi connectivity index (χ4v) is 3.19. The summed E-state index contributed by atoms with van der Waals surface area (Å²) in [5.41, 5.74) is 1.04. The van der Waals surface area contributed by atoms with Crippen LogP contribution in [0.2, 0.25) is 0 Å². The average molecular weight is 282 g/mol. The number of methoxy groups -OCH3 is 2. The lowest BCUT2D eigenvalue weighted by Crippen LogP contribution is -2.21. The van der Waals surface area contributed by atoms with E-state index in [0.717, 1.165) is 17.9 Å². The SMILES string of the molecule is COC(OC)c1ccc(SCC2CCCCO2)cc1. The number of hydrogen-bond donors (Lipinski definition) is 0. The molecule has 1 saturated heterocycles. The second-order valence-electron chi connectivity index (χ2n) is 4.67. The van der Waals surface area contributed by atoms with Gasteiger partial charge in [0.1, 0.15) is 0 Å².